The Kier molecular flexibility index (Phi) is 6.81. The first kappa shape index (κ1) is 21.3. The molecule has 0 unspecified atom stereocenters. The second-order valence-electron chi connectivity index (χ2n) is 7.53. The maximum Gasteiger partial charge on any atom is 0.226 e. The molecule has 1 N–H and O–H groups in total. The molecule has 1 saturated carbocycles. The van der Waals surface area contributed by atoms with Crippen LogP contribution in [0.5, 0.6) is 0 Å². The number of nitrogens with zero attached hydrogens (tertiary/aromatic N) is 1. The zero-order chi connectivity index (χ0) is 20.3. The van der Waals surface area contributed by atoms with Gasteiger partial charge in [-0.2, -0.15) is 0 Å². The van der Waals surface area contributed by atoms with Gasteiger partial charge in [0.2, 0.25) is 11.8 Å². The summed E-state index contributed by atoms with van der Waals surface area (Å²) in [6, 6.07) is 3.58. The number of sulfone groups is 1. The molecule has 1 aromatic rings. The van der Waals surface area contributed by atoms with Gasteiger partial charge in [0, 0.05) is 29.9 Å². The molecule has 1 aromatic carbocycles. The van der Waals surface area contributed by atoms with Crippen molar-refractivity contribution in [1.29, 1.82) is 0 Å². The van der Waals surface area contributed by atoms with Gasteiger partial charge in [-0.05, 0) is 37.0 Å². The van der Waals surface area contributed by atoms with Crippen LogP contribution >= 0.6 is 15.9 Å². The van der Waals surface area contributed by atoms with Crippen molar-refractivity contribution >= 4 is 43.3 Å². The summed E-state index contributed by atoms with van der Waals surface area (Å²) in [6.07, 6.45) is 6.22. The molecule has 1 aliphatic heterocycles. The van der Waals surface area contributed by atoms with Crippen molar-refractivity contribution in [1.82, 2.24) is 5.32 Å². The maximum atomic E-state index is 13.1. The van der Waals surface area contributed by atoms with Gasteiger partial charge in [-0.15, -0.1) is 0 Å². The standard InChI is InChI=1S/C20H27BrN2O4S/c1-2-19(25)23-10-8-14-12-15(21)13-17(20(14)23)28(26,27)11-9-18(24)22-16-6-4-3-5-7-16/h12-13,16H,2-11H2,1H3,(H,22,24). The minimum absolute atomic E-state index is 0.0676. The summed E-state index contributed by atoms with van der Waals surface area (Å²) in [4.78, 5) is 26.2. The monoisotopic (exact) mass is 470 g/mol. The number of carbonyl (C=O) groups excluding carboxylic acids is 2. The van der Waals surface area contributed by atoms with Crippen LogP contribution < -0.4 is 10.2 Å². The van der Waals surface area contributed by atoms with E-state index >= 15 is 0 Å². The van der Waals surface area contributed by atoms with Crippen LogP contribution in [0.3, 0.4) is 0 Å². The van der Waals surface area contributed by atoms with E-state index in [0.29, 0.717) is 29.5 Å². The Morgan fingerprint density at radius 1 is 1.21 bits per heavy atom. The third-order valence-corrected chi connectivity index (χ3v) is 7.68. The molecule has 0 bridgehead atoms. The van der Waals surface area contributed by atoms with Crippen molar-refractivity contribution < 1.29 is 18.0 Å². The topological polar surface area (TPSA) is 83.6 Å². The van der Waals surface area contributed by atoms with Crippen LogP contribution in [-0.2, 0) is 25.8 Å². The number of nitrogens with one attached hydrogen (secondary N) is 1. The Balaban J connectivity index is 1.76. The average Bonchev–Trinajstić information content (AvgIpc) is 3.09. The summed E-state index contributed by atoms with van der Waals surface area (Å²) in [6.45, 7) is 2.26. The van der Waals surface area contributed by atoms with Gasteiger partial charge >= 0.3 is 0 Å². The molecular weight excluding hydrogens is 444 g/mol. The number of benzene rings is 1. The lowest BCUT2D eigenvalue weighted by Crippen LogP contribution is -2.37. The van der Waals surface area contributed by atoms with E-state index in [-0.39, 0.29) is 34.9 Å². The van der Waals surface area contributed by atoms with Gasteiger partial charge in [-0.3, -0.25) is 9.59 Å². The molecule has 2 amide bonds. The van der Waals surface area contributed by atoms with E-state index in [9.17, 15) is 18.0 Å². The van der Waals surface area contributed by atoms with Crippen LogP contribution in [0.4, 0.5) is 5.69 Å². The van der Waals surface area contributed by atoms with E-state index in [1.807, 2.05) is 6.07 Å². The number of fused-ring (bicyclic) bond motifs is 1. The zero-order valence-electron chi connectivity index (χ0n) is 16.2. The van der Waals surface area contributed by atoms with Crippen molar-refractivity contribution in [3.05, 3.63) is 22.2 Å². The fraction of sp³-hybridized carbons (Fsp3) is 0.600. The summed E-state index contributed by atoms with van der Waals surface area (Å²) in [7, 11) is -3.70. The lowest BCUT2D eigenvalue weighted by atomic mass is 9.95. The van der Waals surface area contributed by atoms with Gasteiger partial charge in [0.1, 0.15) is 0 Å². The molecular formula is C20H27BrN2O4S. The molecule has 154 valence electrons. The smallest absolute Gasteiger partial charge is 0.226 e. The second-order valence-corrected chi connectivity index (χ2v) is 10.5. The van der Waals surface area contributed by atoms with E-state index in [1.54, 1.807) is 17.9 Å². The van der Waals surface area contributed by atoms with Gasteiger partial charge in [-0.1, -0.05) is 42.1 Å². The fourth-order valence-corrected chi connectivity index (χ4v) is 6.20. The predicted octanol–water partition coefficient (Wildman–Crippen LogP) is 3.36. The number of halogens is 1. The van der Waals surface area contributed by atoms with Crippen LogP contribution in [0.1, 0.15) is 57.4 Å². The van der Waals surface area contributed by atoms with Crippen molar-refractivity contribution in [3.8, 4) is 0 Å². The summed E-state index contributed by atoms with van der Waals surface area (Å²) >= 11 is 3.38. The van der Waals surface area contributed by atoms with Crippen LogP contribution in [0.2, 0.25) is 0 Å². The first-order valence-corrected chi connectivity index (χ1v) is 12.4. The van der Waals surface area contributed by atoms with E-state index in [0.717, 1.165) is 31.2 Å². The predicted molar refractivity (Wildman–Crippen MR) is 112 cm³/mol. The molecule has 3 rings (SSSR count). The van der Waals surface area contributed by atoms with Crippen LogP contribution in [0.25, 0.3) is 0 Å². The molecule has 2 aliphatic rings. The first-order chi connectivity index (χ1) is 13.3. The summed E-state index contributed by atoms with van der Waals surface area (Å²) in [5.41, 5.74) is 1.34. The van der Waals surface area contributed by atoms with Crippen molar-refractivity contribution in [2.45, 2.75) is 69.2 Å². The van der Waals surface area contributed by atoms with E-state index in [1.165, 1.54) is 6.42 Å². The van der Waals surface area contributed by atoms with Crippen LogP contribution in [-0.4, -0.2) is 38.6 Å². The molecule has 6 nitrogen and oxygen atoms in total. The Hall–Kier alpha value is -1.41. The molecule has 0 atom stereocenters. The third-order valence-electron chi connectivity index (χ3n) is 5.50. The average molecular weight is 471 g/mol. The van der Waals surface area contributed by atoms with E-state index < -0.39 is 9.84 Å². The Morgan fingerprint density at radius 3 is 2.61 bits per heavy atom. The highest BCUT2D eigenvalue weighted by Crippen LogP contribution is 2.38. The fourth-order valence-electron chi connectivity index (χ4n) is 4.03. The molecule has 0 radical (unpaired) electrons. The minimum atomic E-state index is -3.70. The van der Waals surface area contributed by atoms with E-state index in [2.05, 4.69) is 21.2 Å². The highest BCUT2D eigenvalue weighted by molar-refractivity contribution is 9.10. The lowest BCUT2D eigenvalue weighted by molar-refractivity contribution is -0.121. The molecule has 28 heavy (non-hydrogen) atoms. The van der Waals surface area contributed by atoms with Gasteiger partial charge in [0.25, 0.3) is 0 Å². The van der Waals surface area contributed by atoms with E-state index in [4.69, 9.17) is 0 Å². The van der Waals surface area contributed by atoms with Gasteiger partial charge < -0.3 is 10.2 Å². The molecule has 0 aromatic heterocycles. The molecule has 1 heterocycles. The molecule has 1 fully saturated rings. The van der Waals surface area contributed by atoms with Crippen molar-refractivity contribution in [2.24, 2.45) is 0 Å². The SMILES string of the molecule is CCC(=O)N1CCc2cc(Br)cc(S(=O)(=O)CCC(=O)NC3CCCCC3)c21. The van der Waals surface area contributed by atoms with Crippen LogP contribution in [0.15, 0.2) is 21.5 Å². The number of rotatable bonds is 6. The second kappa shape index (κ2) is 8.95. The maximum absolute atomic E-state index is 13.1. The van der Waals surface area contributed by atoms with Crippen molar-refractivity contribution in [3.63, 3.8) is 0 Å². The third kappa shape index (κ3) is 4.76. The highest BCUT2D eigenvalue weighted by atomic mass is 79.9. The summed E-state index contributed by atoms with van der Waals surface area (Å²) in [5.74, 6) is -0.570. The van der Waals surface area contributed by atoms with Crippen LogP contribution in [0, 0.1) is 0 Å². The zero-order valence-corrected chi connectivity index (χ0v) is 18.6. The number of amides is 2. The number of anilines is 1. The molecule has 0 spiro atoms. The highest BCUT2D eigenvalue weighted by Gasteiger charge is 2.32. The minimum Gasteiger partial charge on any atom is -0.353 e. The first-order valence-electron chi connectivity index (χ1n) is 9.96. The Bertz CT molecular complexity index is 863. The molecule has 1 aliphatic carbocycles. The summed E-state index contributed by atoms with van der Waals surface area (Å²) < 4.78 is 26.8. The largest absolute Gasteiger partial charge is 0.353 e. The van der Waals surface area contributed by atoms with Gasteiger partial charge in [-0.25, -0.2) is 8.42 Å². The van der Waals surface area contributed by atoms with Gasteiger partial charge in [0.05, 0.1) is 16.3 Å². The Morgan fingerprint density at radius 2 is 1.93 bits per heavy atom. The molecule has 8 heteroatoms. The summed E-state index contributed by atoms with van der Waals surface area (Å²) in [5, 5.41) is 2.97. The number of carbonyl (C=O) groups is 2. The lowest BCUT2D eigenvalue weighted by Gasteiger charge is -2.23. The van der Waals surface area contributed by atoms with Gasteiger partial charge in [0.15, 0.2) is 9.84 Å². The Labute approximate surface area is 175 Å². The quantitative estimate of drug-likeness (QED) is 0.690. The molecule has 0 saturated heterocycles. The number of hydrogen-bond acceptors (Lipinski definition) is 4. The normalized spacial score (nSPS) is 17.4. The number of hydrogen-bond donors (Lipinski definition) is 1. The van der Waals surface area contributed by atoms with Crippen molar-refractivity contribution in [2.75, 3.05) is 17.2 Å².